The molecule has 0 radical (unpaired) electrons. The SMILES string of the molecule is C[C@@H]1COC[C@@]2(c3cc(NC(=O)c4ccc(Cl)cn4)ccc3F)N=C(N)SC[C@H]12. The zero-order chi connectivity index (χ0) is 20.6. The highest BCUT2D eigenvalue weighted by molar-refractivity contribution is 8.13. The number of amides is 1. The van der Waals surface area contributed by atoms with Gasteiger partial charge in [-0.25, -0.2) is 14.4 Å². The fourth-order valence-corrected chi connectivity index (χ4v) is 5.19. The summed E-state index contributed by atoms with van der Waals surface area (Å²) in [6.07, 6.45) is 1.40. The maximum atomic E-state index is 15.0. The van der Waals surface area contributed by atoms with E-state index in [-0.39, 0.29) is 24.1 Å². The highest BCUT2D eigenvalue weighted by Gasteiger charge is 2.50. The molecule has 0 unspecified atom stereocenters. The standard InChI is InChI=1S/C20H20ClFN4O2S/c1-11-8-28-10-20(15(11)9-29-19(23)26-20)14-6-13(3-4-16(14)22)25-18(27)17-5-2-12(21)7-24-17/h2-7,11,15H,8-10H2,1H3,(H2,23,26)(H,25,27)/t11-,15-,20+/m1/s1. The summed E-state index contributed by atoms with van der Waals surface area (Å²) in [7, 11) is 0. The van der Waals surface area contributed by atoms with Crippen molar-refractivity contribution in [3.05, 3.63) is 58.6 Å². The van der Waals surface area contributed by atoms with Crippen LogP contribution in [0.1, 0.15) is 23.0 Å². The van der Waals surface area contributed by atoms with E-state index < -0.39 is 17.3 Å². The molecule has 3 N–H and O–H groups in total. The highest BCUT2D eigenvalue weighted by atomic mass is 35.5. The molecule has 9 heteroatoms. The zero-order valence-corrected chi connectivity index (χ0v) is 17.3. The van der Waals surface area contributed by atoms with Crippen LogP contribution in [0.4, 0.5) is 10.1 Å². The monoisotopic (exact) mass is 434 g/mol. The molecule has 1 fully saturated rings. The summed E-state index contributed by atoms with van der Waals surface area (Å²) in [4.78, 5) is 21.2. The molecular formula is C20H20ClFN4O2S. The van der Waals surface area contributed by atoms with Crippen molar-refractivity contribution >= 4 is 40.1 Å². The van der Waals surface area contributed by atoms with Gasteiger partial charge in [-0.15, -0.1) is 0 Å². The number of nitrogens with zero attached hydrogens (tertiary/aromatic N) is 2. The smallest absolute Gasteiger partial charge is 0.274 e. The van der Waals surface area contributed by atoms with E-state index in [9.17, 15) is 9.18 Å². The van der Waals surface area contributed by atoms with Crippen LogP contribution in [0, 0.1) is 17.7 Å². The zero-order valence-electron chi connectivity index (χ0n) is 15.7. The number of amidine groups is 1. The Morgan fingerprint density at radius 1 is 1.41 bits per heavy atom. The third-order valence-corrected chi connectivity index (χ3v) is 6.51. The van der Waals surface area contributed by atoms with E-state index in [1.54, 1.807) is 12.1 Å². The molecule has 1 aromatic carbocycles. The first-order valence-electron chi connectivity index (χ1n) is 9.18. The number of carbonyl (C=O) groups is 1. The number of pyridine rings is 1. The minimum absolute atomic E-state index is 0.0759. The van der Waals surface area contributed by atoms with Crippen LogP contribution in [-0.4, -0.2) is 35.0 Å². The molecule has 1 aromatic heterocycles. The van der Waals surface area contributed by atoms with Gasteiger partial charge in [0.15, 0.2) is 5.17 Å². The summed E-state index contributed by atoms with van der Waals surface area (Å²) in [6.45, 7) is 2.92. The van der Waals surface area contributed by atoms with Gasteiger partial charge >= 0.3 is 0 Å². The molecule has 29 heavy (non-hydrogen) atoms. The van der Waals surface area contributed by atoms with Crippen LogP contribution in [0.2, 0.25) is 5.02 Å². The van der Waals surface area contributed by atoms with Crippen molar-refractivity contribution < 1.29 is 13.9 Å². The third-order valence-electron chi connectivity index (χ3n) is 5.37. The molecule has 0 saturated carbocycles. The lowest BCUT2D eigenvalue weighted by Crippen LogP contribution is -2.51. The normalized spacial score (nSPS) is 26.4. The Hall–Kier alpha value is -2.16. The molecule has 1 saturated heterocycles. The van der Waals surface area contributed by atoms with Crippen LogP contribution < -0.4 is 11.1 Å². The Morgan fingerprint density at radius 3 is 3.00 bits per heavy atom. The summed E-state index contributed by atoms with van der Waals surface area (Å²) in [6, 6.07) is 7.57. The Kier molecular flexibility index (Phi) is 5.50. The van der Waals surface area contributed by atoms with Gasteiger partial charge in [-0.1, -0.05) is 30.3 Å². The highest BCUT2D eigenvalue weighted by Crippen LogP contribution is 2.47. The first-order chi connectivity index (χ1) is 13.9. The number of nitrogens with two attached hydrogens (primary N) is 1. The molecule has 0 spiro atoms. The summed E-state index contributed by atoms with van der Waals surface area (Å²) >= 11 is 7.30. The van der Waals surface area contributed by atoms with E-state index in [0.717, 1.165) is 5.75 Å². The topological polar surface area (TPSA) is 89.6 Å². The van der Waals surface area contributed by atoms with Crippen molar-refractivity contribution in [3.8, 4) is 0 Å². The fraction of sp³-hybridized carbons (Fsp3) is 0.350. The lowest BCUT2D eigenvalue weighted by molar-refractivity contribution is -0.0339. The van der Waals surface area contributed by atoms with Crippen LogP contribution in [0.5, 0.6) is 0 Å². The molecule has 3 atom stereocenters. The molecule has 4 rings (SSSR count). The molecule has 0 aliphatic carbocycles. The quantitative estimate of drug-likeness (QED) is 0.769. The predicted octanol–water partition coefficient (Wildman–Crippen LogP) is 3.67. The molecule has 0 bridgehead atoms. The van der Waals surface area contributed by atoms with E-state index >= 15 is 0 Å². The summed E-state index contributed by atoms with van der Waals surface area (Å²) < 4.78 is 20.7. The van der Waals surface area contributed by atoms with Crippen molar-refractivity contribution in [2.24, 2.45) is 22.6 Å². The number of rotatable bonds is 3. The van der Waals surface area contributed by atoms with Crippen LogP contribution in [0.25, 0.3) is 0 Å². The predicted molar refractivity (Wildman–Crippen MR) is 113 cm³/mol. The van der Waals surface area contributed by atoms with E-state index in [0.29, 0.717) is 28.0 Å². The maximum absolute atomic E-state index is 15.0. The van der Waals surface area contributed by atoms with Crippen molar-refractivity contribution in [2.75, 3.05) is 24.3 Å². The van der Waals surface area contributed by atoms with Gasteiger partial charge in [0, 0.05) is 35.7 Å². The lowest BCUT2D eigenvalue weighted by atomic mass is 9.72. The first kappa shape index (κ1) is 20.1. The van der Waals surface area contributed by atoms with Gasteiger partial charge in [0.05, 0.1) is 11.6 Å². The van der Waals surface area contributed by atoms with Gasteiger partial charge in [-0.05, 0) is 36.2 Å². The number of hydrogen-bond acceptors (Lipinski definition) is 6. The number of anilines is 1. The van der Waals surface area contributed by atoms with E-state index in [2.05, 4.69) is 22.2 Å². The Labute approximate surface area is 177 Å². The lowest BCUT2D eigenvalue weighted by Gasteiger charge is -2.47. The second-order valence-electron chi connectivity index (χ2n) is 7.29. The van der Waals surface area contributed by atoms with Gasteiger partial charge in [-0.3, -0.25) is 4.79 Å². The minimum atomic E-state index is -0.906. The molecule has 6 nitrogen and oxygen atoms in total. The fourth-order valence-electron chi connectivity index (χ4n) is 3.89. The number of halogens is 2. The van der Waals surface area contributed by atoms with Gasteiger partial charge in [0.1, 0.15) is 17.1 Å². The molecule has 3 heterocycles. The summed E-state index contributed by atoms with van der Waals surface area (Å²) in [5.41, 5.74) is 6.14. The number of ether oxygens (including phenoxy) is 1. The number of aromatic nitrogens is 1. The van der Waals surface area contributed by atoms with Gasteiger partial charge in [0.2, 0.25) is 0 Å². The van der Waals surface area contributed by atoms with Gasteiger partial charge in [0.25, 0.3) is 5.91 Å². The van der Waals surface area contributed by atoms with Crippen LogP contribution in [0.3, 0.4) is 0 Å². The number of hydrogen-bond donors (Lipinski definition) is 2. The van der Waals surface area contributed by atoms with Crippen molar-refractivity contribution in [2.45, 2.75) is 12.5 Å². The minimum Gasteiger partial charge on any atom is -0.379 e. The Bertz CT molecular complexity index is 971. The maximum Gasteiger partial charge on any atom is 0.274 e. The number of benzene rings is 1. The van der Waals surface area contributed by atoms with Crippen molar-refractivity contribution in [1.29, 1.82) is 0 Å². The van der Waals surface area contributed by atoms with Gasteiger partial charge in [-0.2, -0.15) is 0 Å². The largest absolute Gasteiger partial charge is 0.379 e. The average molecular weight is 435 g/mol. The average Bonchev–Trinajstić information content (AvgIpc) is 2.69. The summed E-state index contributed by atoms with van der Waals surface area (Å²) in [5.74, 6) is 0.198. The van der Waals surface area contributed by atoms with Gasteiger partial charge < -0.3 is 15.8 Å². The van der Waals surface area contributed by atoms with E-state index in [1.807, 2.05) is 0 Å². The number of aliphatic imine (C=N–C) groups is 1. The molecule has 2 aliphatic heterocycles. The second kappa shape index (κ2) is 7.93. The van der Waals surface area contributed by atoms with Crippen LogP contribution >= 0.6 is 23.4 Å². The van der Waals surface area contributed by atoms with Crippen LogP contribution in [-0.2, 0) is 10.3 Å². The first-order valence-corrected chi connectivity index (χ1v) is 10.5. The number of nitrogens with one attached hydrogen (secondary N) is 1. The van der Waals surface area contributed by atoms with E-state index in [4.69, 9.17) is 22.1 Å². The van der Waals surface area contributed by atoms with Crippen molar-refractivity contribution in [1.82, 2.24) is 4.98 Å². The van der Waals surface area contributed by atoms with Crippen LogP contribution in [0.15, 0.2) is 41.5 Å². The Balaban J connectivity index is 1.70. The molecule has 2 aromatic rings. The molecular weight excluding hydrogens is 415 g/mol. The molecule has 2 aliphatic rings. The summed E-state index contributed by atoms with van der Waals surface area (Å²) in [5, 5.41) is 3.61. The van der Waals surface area contributed by atoms with E-state index in [1.165, 1.54) is 36.2 Å². The number of thioether (sulfide) groups is 1. The Morgan fingerprint density at radius 2 is 2.24 bits per heavy atom. The molecule has 1 amide bonds. The second-order valence-corrected chi connectivity index (χ2v) is 8.77. The number of carbonyl (C=O) groups excluding carboxylic acids is 1. The third kappa shape index (κ3) is 3.84. The molecule has 152 valence electrons. The number of fused-ring (bicyclic) bond motifs is 1. The van der Waals surface area contributed by atoms with Crippen molar-refractivity contribution in [3.63, 3.8) is 0 Å².